The Kier molecular flexibility index (Phi) is 6.94. The number of fused-ring (bicyclic) bond motifs is 1. The first-order chi connectivity index (χ1) is 12.3. The average molecular weight is 380 g/mol. The highest BCUT2D eigenvalue weighted by Crippen LogP contribution is 2.26. The van der Waals surface area contributed by atoms with Gasteiger partial charge in [0.15, 0.2) is 0 Å². The third-order valence-corrected chi connectivity index (χ3v) is 5.92. The Hall–Kier alpha value is -1.73. The zero-order valence-corrected chi connectivity index (χ0v) is 17.4. The van der Waals surface area contributed by atoms with Gasteiger partial charge in [0.25, 0.3) is 5.56 Å². The van der Waals surface area contributed by atoms with Crippen LogP contribution in [0.1, 0.15) is 50.4 Å². The van der Waals surface area contributed by atoms with Crippen molar-refractivity contribution in [1.82, 2.24) is 14.5 Å². The summed E-state index contributed by atoms with van der Waals surface area (Å²) in [5.41, 5.74) is 0.793. The normalized spacial score (nSPS) is 12.7. The minimum absolute atomic E-state index is 0.100. The molecule has 7 heteroatoms. The van der Waals surface area contributed by atoms with Crippen molar-refractivity contribution in [3.8, 4) is 0 Å². The van der Waals surface area contributed by atoms with Crippen molar-refractivity contribution in [2.24, 2.45) is 0 Å². The third-order valence-electron chi connectivity index (χ3n) is 4.82. The number of aryl methyl sites for hydroxylation is 2. The molecule has 2 aromatic heterocycles. The molecular weight excluding hydrogens is 350 g/mol. The first-order valence-electron chi connectivity index (χ1n) is 9.23. The fraction of sp³-hybridized carbons (Fsp3) is 0.632. The lowest BCUT2D eigenvalue weighted by molar-refractivity contribution is -0.149. The number of hydrogen-bond acceptors (Lipinski definition) is 6. The SMILES string of the molecule is CCC(C)OC(=O)Cn1c(CN(CC)CC)nc2sc(C)c(C)c2c1=O. The molecule has 0 bridgehead atoms. The maximum absolute atomic E-state index is 13.1. The van der Waals surface area contributed by atoms with Gasteiger partial charge in [-0.15, -0.1) is 11.3 Å². The quantitative estimate of drug-likeness (QED) is 0.659. The molecule has 144 valence electrons. The smallest absolute Gasteiger partial charge is 0.326 e. The molecule has 2 rings (SSSR count). The van der Waals surface area contributed by atoms with E-state index in [0.29, 0.717) is 17.8 Å². The summed E-state index contributed by atoms with van der Waals surface area (Å²) in [6.07, 6.45) is 0.582. The molecule has 1 atom stereocenters. The van der Waals surface area contributed by atoms with Gasteiger partial charge >= 0.3 is 5.97 Å². The van der Waals surface area contributed by atoms with Gasteiger partial charge in [0.05, 0.1) is 18.0 Å². The van der Waals surface area contributed by atoms with Crippen LogP contribution in [0.3, 0.4) is 0 Å². The molecule has 1 unspecified atom stereocenters. The molecule has 6 nitrogen and oxygen atoms in total. The number of esters is 1. The van der Waals surface area contributed by atoms with Crippen LogP contribution in [0.5, 0.6) is 0 Å². The van der Waals surface area contributed by atoms with Crippen molar-refractivity contribution in [3.63, 3.8) is 0 Å². The topological polar surface area (TPSA) is 64.4 Å². The van der Waals surface area contributed by atoms with Gasteiger partial charge in [-0.2, -0.15) is 0 Å². The van der Waals surface area contributed by atoms with E-state index in [-0.39, 0.29) is 18.2 Å². The summed E-state index contributed by atoms with van der Waals surface area (Å²) < 4.78 is 6.87. The predicted octanol–water partition coefficient (Wildman–Crippen LogP) is 3.26. The number of rotatable bonds is 8. The average Bonchev–Trinajstić information content (AvgIpc) is 2.89. The Morgan fingerprint density at radius 2 is 1.92 bits per heavy atom. The lowest BCUT2D eigenvalue weighted by atomic mass is 10.2. The molecule has 0 aromatic carbocycles. The number of hydrogen-bond donors (Lipinski definition) is 0. The van der Waals surface area contributed by atoms with E-state index < -0.39 is 5.97 Å². The highest BCUT2D eigenvalue weighted by molar-refractivity contribution is 7.18. The summed E-state index contributed by atoms with van der Waals surface area (Å²) >= 11 is 1.53. The molecule has 0 radical (unpaired) electrons. The Morgan fingerprint density at radius 1 is 1.27 bits per heavy atom. The van der Waals surface area contributed by atoms with Crippen molar-refractivity contribution < 1.29 is 9.53 Å². The zero-order chi connectivity index (χ0) is 19.4. The lowest BCUT2D eigenvalue weighted by Gasteiger charge is -2.20. The number of nitrogens with zero attached hydrogens (tertiary/aromatic N) is 3. The fourth-order valence-corrected chi connectivity index (χ4v) is 3.81. The molecule has 0 aliphatic carbocycles. The van der Waals surface area contributed by atoms with Crippen LogP contribution in [0.4, 0.5) is 0 Å². The Labute approximate surface area is 158 Å². The molecule has 0 N–H and O–H groups in total. The van der Waals surface area contributed by atoms with E-state index in [2.05, 4.69) is 18.7 Å². The van der Waals surface area contributed by atoms with E-state index in [1.807, 2.05) is 27.7 Å². The van der Waals surface area contributed by atoms with Gasteiger partial charge in [0, 0.05) is 4.88 Å². The van der Waals surface area contributed by atoms with Crippen LogP contribution in [-0.2, 0) is 22.6 Å². The Morgan fingerprint density at radius 3 is 2.50 bits per heavy atom. The maximum atomic E-state index is 13.1. The number of ether oxygens (including phenoxy) is 1. The molecule has 0 aliphatic rings. The first-order valence-corrected chi connectivity index (χ1v) is 10.0. The molecule has 0 aliphatic heterocycles. The van der Waals surface area contributed by atoms with Crippen LogP contribution in [-0.4, -0.2) is 39.6 Å². The van der Waals surface area contributed by atoms with E-state index in [0.717, 1.165) is 34.8 Å². The molecule has 0 saturated heterocycles. The molecular formula is C19H29N3O3S. The van der Waals surface area contributed by atoms with Crippen molar-refractivity contribution in [2.75, 3.05) is 13.1 Å². The molecule has 2 heterocycles. The van der Waals surface area contributed by atoms with E-state index in [9.17, 15) is 9.59 Å². The molecule has 0 amide bonds. The molecule has 0 spiro atoms. The van der Waals surface area contributed by atoms with Gasteiger partial charge in [-0.05, 0) is 45.8 Å². The van der Waals surface area contributed by atoms with Gasteiger partial charge in [-0.1, -0.05) is 20.8 Å². The summed E-state index contributed by atoms with van der Waals surface area (Å²) in [6, 6.07) is 0. The van der Waals surface area contributed by atoms with Gasteiger partial charge in [-0.3, -0.25) is 19.1 Å². The number of thiophene rings is 1. The van der Waals surface area contributed by atoms with Crippen molar-refractivity contribution in [3.05, 3.63) is 26.6 Å². The first kappa shape index (κ1) is 20.6. The minimum atomic E-state index is -0.395. The zero-order valence-electron chi connectivity index (χ0n) is 16.6. The minimum Gasteiger partial charge on any atom is -0.461 e. The van der Waals surface area contributed by atoms with Crippen molar-refractivity contribution in [1.29, 1.82) is 0 Å². The standard InChI is InChI=1S/C19H29N3O3S/c1-7-12(4)25-16(23)11-22-15(10-21(8-2)9-3)20-18-17(19(22)24)13(5)14(6)26-18/h12H,7-11H2,1-6H3. The largest absolute Gasteiger partial charge is 0.461 e. The van der Waals surface area contributed by atoms with Crippen LogP contribution in [0, 0.1) is 13.8 Å². The van der Waals surface area contributed by atoms with E-state index in [1.165, 1.54) is 15.9 Å². The van der Waals surface area contributed by atoms with E-state index in [1.54, 1.807) is 0 Å². The van der Waals surface area contributed by atoms with Crippen LogP contribution in [0.25, 0.3) is 10.2 Å². The van der Waals surface area contributed by atoms with E-state index in [4.69, 9.17) is 9.72 Å². The van der Waals surface area contributed by atoms with Crippen molar-refractivity contribution in [2.45, 2.75) is 67.2 Å². The van der Waals surface area contributed by atoms with Crippen LogP contribution in [0.15, 0.2) is 4.79 Å². The molecule has 2 aromatic rings. The van der Waals surface area contributed by atoms with Gasteiger partial charge < -0.3 is 4.74 Å². The predicted molar refractivity (Wildman–Crippen MR) is 106 cm³/mol. The van der Waals surface area contributed by atoms with Crippen LogP contribution < -0.4 is 5.56 Å². The van der Waals surface area contributed by atoms with Gasteiger partial charge in [0.2, 0.25) is 0 Å². The molecule has 26 heavy (non-hydrogen) atoms. The summed E-state index contributed by atoms with van der Waals surface area (Å²) in [5.74, 6) is 0.224. The third kappa shape index (κ3) is 4.32. The van der Waals surface area contributed by atoms with E-state index >= 15 is 0 Å². The second-order valence-corrected chi connectivity index (χ2v) is 7.76. The highest BCUT2D eigenvalue weighted by atomic mass is 32.1. The molecule has 0 fully saturated rings. The number of carbonyl (C=O) groups excluding carboxylic acids is 1. The lowest BCUT2D eigenvalue weighted by Crippen LogP contribution is -2.34. The number of carbonyl (C=O) groups is 1. The second-order valence-electron chi connectivity index (χ2n) is 6.55. The highest BCUT2D eigenvalue weighted by Gasteiger charge is 2.20. The summed E-state index contributed by atoms with van der Waals surface area (Å²) in [6.45, 7) is 14.0. The van der Waals surface area contributed by atoms with Crippen LogP contribution >= 0.6 is 11.3 Å². The monoisotopic (exact) mass is 379 g/mol. The second kappa shape index (κ2) is 8.77. The fourth-order valence-electron chi connectivity index (χ4n) is 2.77. The van der Waals surface area contributed by atoms with Crippen LogP contribution in [0.2, 0.25) is 0 Å². The van der Waals surface area contributed by atoms with Crippen molar-refractivity contribution >= 4 is 27.5 Å². The summed E-state index contributed by atoms with van der Waals surface area (Å²) in [5, 5.41) is 0.618. The molecule has 0 saturated carbocycles. The van der Waals surface area contributed by atoms with Gasteiger partial charge in [0.1, 0.15) is 17.2 Å². The summed E-state index contributed by atoms with van der Waals surface area (Å²) in [7, 11) is 0. The van der Waals surface area contributed by atoms with Gasteiger partial charge in [-0.25, -0.2) is 4.98 Å². The Balaban J connectivity index is 2.52. The Bertz CT molecular complexity index is 837. The maximum Gasteiger partial charge on any atom is 0.326 e. The number of aromatic nitrogens is 2. The summed E-state index contributed by atoms with van der Waals surface area (Å²) in [4.78, 5) is 34.2.